The molecule has 3 aromatic rings. The lowest BCUT2D eigenvalue weighted by Crippen LogP contribution is -2.23. The van der Waals surface area contributed by atoms with E-state index in [4.69, 9.17) is 11.6 Å². The lowest BCUT2D eigenvalue weighted by Gasteiger charge is -2.12. The molecule has 1 heterocycles. The van der Waals surface area contributed by atoms with E-state index in [0.29, 0.717) is 5.69 Å². The van der Waals surface area contributed by atoms with Gasteiger partial charge in [-0.15, -0.1) is 0 Å². The van der Waals surface area contributed by atoms with Crippen molar-refractivity contribution >= 4 is 33.2 Å². The average molecular weight is 416 g/mol. The van der Waals surface area contributed by atoms with Gasteiger partial charge in [-0.2, -0.15) is 0 Å². The van der Waals surface area contributed by atoms with Gasteiger partial charge in [-0.3, -0.25) is 14.5 Å². The minimum atomic E-state index is -3.95. The highest BCUT2D eigenvalue weighted by atomic mass is 35.5. The molecule has 0 fully saturated rings. The predicted molar refractivity (Wildman–Crippen MR) is 109 cm³/mol. The number of aryl methyl sites for hydroxylation is 1. The molecule has 0 bridgehead atoms. The van der Waals surface area contributed by atoms with Gasteiger partial charge in [0.25, 0.3) is 15.9 Å². The van der Waals surface area contributed by atoms with Gasteiger partial charge in [-0.05, 0) is 48.9 Å². The molecule has 8 heteroatoms. The normalized spacial score (nSPS) is 11.1. The Hall–Kier alpha value is -2.90. The molecular formula is C20H18ClN3O3S. The Morgan fingerprint density at radius 3 is 2.54 bits per heavy atom. The molecule has 0 spiro atoms. The first-order chi connectivity index (χ1) is 13.3. The molecule has 0 saturated heterocycles. The number of sulfonamides is 1. The average Bonchev–Trinajstić information content (AvgIpc) is 2.69. The Morgan fingerprint density at radius 1 is 1.11 bits per heavy atom. The summed E-state index contributed by atoms with van der Waals surface area (Å²) >= 11 is 6.09. The number of carbonyl (C=O) groups is 1. The van der Waals surface area contributed by atoms with Gasteiger partial charge in [0, 0.05) is 30.2 Å². The quantitative estimate of drug-likeness (QED) is 0.641. The fraction of sp³-hybridized carbons (Fsp3) is 0.100. The summed E-state index contributed by atoms with van der Waals surface area (Å²) in [6.45, 7) is 2.18. The zero-order valence-electron chi connectivity index (χ0n) is 15.0. The van der Waals surface area contributed by atoms with E-state index < -0.39 is 15.9 Å². The first kappa shape index (κ1) is 19.9. The summed E-state index contributed by atoms with van der Waals surface area (Å²) in [6.07, 6.45) is 3.28. The molecule has 144 valence electrons. The van der Waals surface area contributed by atoms with Gasteiger partial charge in [0.2, 0.25) is 0 Å². The van der Waals surface area contributed by atoms with Crippen LogP contribution in [0.5, 0.6) is 0 Å². The maximum absolute atomic E-state index is 12.7. The molecule has 0 saturated carbocycles. The minimum Gasteiger partial charge on any atom is -0.348 e. The van der Waals surface area contributed by atoms with E-state index >= 15 is 0 Å². The van der Waals surface area contributed by atoms with Crippen LogP contribution in [-0.4, -0.2) is 19.3 Å². The van der Waals surface area contributed by atoms with E-state index in [1.54, 1.807) is 42.7 Å². The third kappa shape index (κ3) is 4.88. The number of benzene rings is 2. The van der Waals surface area contributed by atoms with Crippen molar-refractivity contribution in [2.45, 2.75) is 18.4 Å². The summed E-state index contributed by atoms with van der Waals surface area (Å²) < 4.78 is 27.9. The van der Waals surface area contributed by atoms with Crippen LogP contribution in [0.3, 0.4) is 0 Å². The molecule has 28 heavy (non-hydrogen) atoms. The number of halogens is 1. The first-order valence-corrected chi connectivity index (χ1v) is 10.3. The van der Waals surface area contributed by atoms with E-state index in [1.807, 2.05) is 13.0 Å². The largest absolute Gasteiger partial charge is 0.348 e. The van der Waals surface area contributed by atoms with Crippen molar-refractivity contribution in [3.8, 4) is 0 Å². The van der Waals surface area contributed by atoms with Crippen molar-refractivity contribution in [2.75, 3.05) is 4.72 Å². The second kappa shape index (κ2) is 8.41. The highest BCUT2D eigenvalue weighted by Crippen LogP contribution is 2.25. The van der Waals surface area contributed by atoms with Crippen LogP contribution >= 0.6 is 11.6 Å². The summed E-state index contributed by atoms with van der Waals surface area (Å²) in [5, 5.41) is 2.76. The zero-order valence-corrected chi connectivity index (χ0v) is 16.6. The highest BCUT2D eigenvalue weighted by Gasteiger charge is 2.20. The summed E-state index contributed by atoms with van der Waals surface area (Å²) in [5.74, 6) is -0.410. The highest BCUT2D eigenvalue weighted by molar-refractivity contribution is 7.92. The second-order valence-electron chi connectivity index (χ2n) is 6.16. The SMILES string of the molecule is Cc1ccc(NS(=O)(=O)c2cc(C(=O)NCc3cccnc3)ccc2Cl)cc1. The van der Waals surface area contributed by atoms with Gasteiger partial charge in [0.1, 0.15) is 4.90 Å². The number of anilines is 1. The van der Waals surface area contributed by atoms with Crippen molar-refractivity contribution in [1.82, 2.24) is 10.3 Å². The molecule has 0 atom stereocenters. The Morgan fingerprint density at radius 2 is 1.86 bits per heavy atom. The van der Waals surface area contributed by atoms with E-state index in [1.165, 1.54) is 18.2 Å². The van der Waals surface area contributed by atoms with Crippen LogP contribution in [0.25, 0.3) is 0 Å². The van der Waals surface area contributed by atoms with Gasteiger partial charge in [-0.1, -0.05) is 35.4 Å². The van der Waals surface area contributed by atoms with Crippen molar-refractivity contribution in [3.63, 3.8) is 0 Å². The second-order valence-corrected chi connectivity index (χ2v) is 8.22. The Bertz CT molecular complexity index is 1090. The molecule has 6 nitrogen and oxygen atoms in total. The molecule has 1 amide bonds. The number of nitrogens with one attached hydrogen (secondary N) is 2. The Balaban J connectivity index is 1.80. The van der Waals surface area contributed by atoms with Crippen LogP contribution in [0, 0.1) is 6.92 Å². The number of hydrogen-bond donors (Lipinski definition) is 2. The maximum atomic E-state index is 12.7. The monoisotopic (exact) mass is 415 g/mol. The Labute approximate surface area is 168 Å². The van der Waals surface area contributed by atoms with Crippen LogP contribution in [0.2, 0.25) is 5.02 Å². The molecule has 0 aliphatic carbocycles. The number of pyridine rings is 1. The molecule has 3 rings (SSSR count). The minimum absolute atomic E-state index is 0.0309. The summed E-state index contributed by atoms with van der Waals surface area (Å²) in [7, 11) is -3.95. The molecule has 2 N–H and O–H groups in total. The standard InChI is InChI=1S/C20H18ClN3O3S/c1-14-4-7-17(8-5-14)24-28(26,27)19-11-16(6-9-18(19)21)20(25)23-13-15-3-2-10-22-12-15/h2-12,24H,13H2,1H3,(H,23,25). The number of nitrogens with zero attached hydrogens (tertiary/aromatic N) is 1. The fourth-order valence-corrected chi connectivity index (χ4v) is 4.05. The first-order valence-electron chi connectivity index (χ1n) is 8.41. The summed E-state index contributed by atoms with van der Waals surface area (Å²) in [5.41, 5.74) is 2.44. The van der Waals surface area contributed by atoms with Crippen molar-refractivity contribution in [1.29, 1.82) is 0 Å². The van der Waals surface area contributed by atoms with Crippen LogP contribution in [0.15, 0.2) is 71.9 Å². The molecule has 0 aliphatic rings. The van der Waals surface area contributed by atoms with Gasteiger partial charge in [-0.25, -0.2) is 8.42 Å². The Kier molecular flexibility index (Phi) is 5.96. The van der Waals surface area contributed by atoms with Crippen molar-refractivity contribution in [3.05, 3.63) is 88.7 Å². The maximum Gasteiger partial charge on any atom is 0.263 e. The molecular weight excluding hydrogens is 398 g/mol. The third-order valence-corrected chi connectivity index (χ3v) is 5.83. The lowest BCUT2D eigenvalue weighted by atomic mass is 10.2. The predicted octanol–water partition coefficient (Wildman–Crippen LogP) is 3.77. The van der Waals surface area contributed by atoms with E-state index in [2.05, 4.69) is 15.0 Å². The number of hydrogen-bond acceptors (Lipinski definition) is 4. The van der Waals surface area contributed by atoms with Crippen LogP contribution < -0.4 is 10.0 Å². The zero-order chi connectivity index (χ0) is 20.1. The summed E-state index contributed by atoms with van der Waals surface area (Å²) in [4.78, 5) is 16.2. The summed E-state index contributed by atoms with van der Waals surface area (Å²) in [6, 6.07) is 14.6. The van der Waals surface area contributed by atoms with Crippen LogP contribution in [-0.2, 0) is 16.6 Å². The topological polar surface area (TPSA) is 88.2 Å². The van der Waals surface area contributed by atoms with Gasteiger partial charge in [0.15, 0.2) is 0 Å². The van der Waals surface area contributed by atoms with Crippen LogP contribution in [0.1, 0.15) is 21.5 Å². The van der Waals surface area contributed by atoms with E-state index in [0.717, 1.165) is 11.1 Å². The number of rotatable bonds is 6. The van der Waals surface area contributed by atoms with Gasteiger partial charge in [0.05, 0.1) is 5.02 Å². The van der Waals surface area contributed by atoms with E-state index in [-0.39, 0.29) is 22.0 Å². The van der Waals surface area contributed by atoms with Gasteiger partial charge < -0.3 is 5.32 Å². The van der Waals surface area contributed by atoms with Crippen LogP contribution in [0.4, 0.5) is 5.69 Å². The molecule has 0 unspecified atom stereocenters. The van der Waals surface area contributed by atoms with Crippen molar-refractivity contribution in [2.24, 2.45) is 0 Å². The molecule has 0 radical (unpaired) electrons. The molecule has 1 aromatic heterocycles. The number of carbonyl (C=O) groups excluding carboxylic acids is 1. The number of aromatic nitrogens is 1. The smallest absolute Gasteiger partial charge is 0.263 e. The number of amides is 1. The molecule has 2 aromatic carbocycles. The fourth-order valence-electron chi connectivity index (χ4n) is 2.47. The molecule has 0 aliphatic heterocycles. The lowest BCUT2D eigenvalue weighted by molar-refractivity contribution is 0.0950. The van der Waals surface area contributed by atoms with Gasteiger partial charge >= 0.3 is 0 Å². The van der Waals surface area contributed by atoms with E-state index in [9.17, 15) is 13.2 Å². The third-order valence-electron chi connectivity index (χ3n) is 3.96. The van der Waals surface area contributed by atoms with Crippen molar-refractivity contribution < 1.29 is 13.2 Å².